The largest absolute Gasteiger partial charge is 0.383 e. The third-order valence-corrected chi connectivity index (χ3v) is 3.69. The number of imidazole rings is 1. The number of aromatic nitrogens is 2. The summed E-state index contributed by atoms with van der Waals surface area (Å²) in [5, 5.41) is 3.41. The first-order valence-corrected chi connectivity index (χ1v) is 7.06. The van der Waals surface area contributed by atoms with Crippen LogP contribution in [0.3, 0.4) is 0 Å². The number of rotatable bonds is 6. The fourth-order valence-corrected chi connectivity index (χ4v) is 2.76. The SMILES string of the molecule is COCC(C)Nc1nccn1CC1CCCCC1. The van der Waals surface area contributed by atoms with Crippen LogP contribution in [0.4, 0.5) is 5.95 Å². The molecule has 1 aromatic rings. The molecule has 0 amide bonds. The predicted molar refractivity (Wildman–Crippen MR) is 73.8 cm³/mol. The van der Waals surface area contributed by atoms with Gasteiger partial charge in [0.15, 0.2) is 0 Å². The molecule has 102 valence electrons. The smallest absolute Gasteiger partial charge is 0.203 e. The minimum Gasteiger partial charge on any atom is -0.383 e. The van der Waals surface area contributed by atoms with Crippen molar-refractivity contribution in [1.29, 1.82) is 0 Å². The highest BCUT2D eigenvalue weighted by atomic mass is 16.5. The number of hydrogen-bond donors (Lipinski definition) is 1. The first kappa shape index (κ1) is 13.4. The van der Waals surface area contributed by atoms with Crippen molar-refractivity contribution in [2.45, 2.75) is 51.6 Å². The van der Waals surface area contributed by atoms with Crippen molar-refractivity contribution in [2.75, 3.05) is 19.0 Å². The van der Waals surface area contributed by atoms with Crippen molar-refractivity contribution in [3.8, 4) is 0 Å². The molecule has 1 heterocycles. The Balaban J connectivity index is 1.90. The van der Waals surface area contributed by atoms with Crippen LogP contribution in [-0.2, 0) is 11.3 Å². The van der Waals surface area contributed by atoms with Crippen LogP contribution in [0.25, 0.3) is 0 Å². The van der Waals surface area contributed by atoms with Gasteiger partial charge in [0.25, 0.3) is 0 Å². The summed E-state index contributed by atoms with van der Waals surface area (Å²) in [6.07, 6.45) is 10.9. The van der Waals surface area contributed by atoms with Crippen LogP contribution >= 0.6 is 0 Å². The molecule has 1 saturated carbocycles. The van der Waals surface area contributed by atoms with Gasteiger partial charge in [0.05, 0.1) is 6.61 Å². The second-order valence-electron chi connectivity index (χ2n) is 5.41. The number of nitrogens with one attached hydrogen (secondary N) is 1. The fraction of sp³-hybridized carbons (Fsp3) is 0.786. The lowest BCUT2D eigenvalue weighted by atomic mass is 9.89. The summed E-state index contributed by atoms with van der Waals surface area (Å²) < 4.78 is 7.39. The zero-order valence-electron chi connectivity index (χ0n) is 11.6. The Labute approximate surface area is 110 Å². The fourth-order valence-electron chi connectivity index (χ4n) is 2.76. The number of anilines is 1. The molecular weight excluding hydrogens is 226 g/mol. The lowest BCUT2D eigenvalue weighted by Crippen LogP contribution is -2.24. The van der Waals surface area contributed by atoms with E-state index in [4.69, 9.17) is 4.74 Å². The molecule has 4 nitrogen and oxygen atoms in total. The van der Waals surface area contributed by atoms with Crippen LogP contribution < -0.4 is 5.32 Å². The van der Waals surface area contributed by atoms with Gasteiger partial charge < -0.3 is 14.6 Å². The molecule has 0 aliphatic heterocycles. The van der Waals surface area contributed by atoms with E-state index in [-0.39, 0.29) is 0 Å². The van der Waals surface area contributed by atoms with Crippen LogP contribution in [0.5, 0.6) is 0 Å². The van der Waals surface area contributed by atoms with E-state index in [9.17, 15) is 0 Å². The average Bonchev–Trinajstić information content (AvgIpc) is 2.78. The maximum atomic E-state index is 5.14. The summed E-state index contributed by atoms with van der Waals surface area (Å²) in [7, 11) is 1.73. The zero-order chi connectivity index (χ0) is 12.8. The third-order valence-electron chi connectivity index (χ3n) is 3.69. The maximum Gasteiger partial charge on any atom is 0.203 e. The van der Waals surface area contributed by atoms with Crippen molar-refractivity contribution in [3.63, 3.8) is 0 Å². The van der Waals surface area contributed by atoms with Gasteiger partial charge in [0, 0.05) is 32.1 Å². The molecular formula is C14H25N3O. The summed E-state index contributed by atoms with van der Waals surface area (Å²) >= 11 is 0. The molecule has 1 aliphatic carbocycles. The molecule has 1 fully saturated rings. The Morgan fingerprint density at radius 1 is 1.44 bits per heavy atom. The average molecular weight is 251 g/mol. The molecule has 1 unspecified atom stereocenters. The zero-order valence-corrected chi connectivity index (χ0v) is 11.6. The minimum absolute atomic E-state index is 0.294. The van der Waals surface area contributed by atoms with Crippen molar-refractivity contribution in [2.24, 2.45) is 5.92 Å². The minimum atomic E-state index is 0.294. The van der Waals surface area contributed by atoms with E-state index in [2.05, 4.69) is 28.0 Å². The van der Waals surface area contributed by atoms with Crippen molar-refractivity contribution >= 4 is 5.95 Å². The second-order valence-corrected chi connectivity index (χ2v) is 5.41. The molecule has 1 atom stereocenters. The lowest BCUT2D eigenvalue weighted by Gasteiger charge is -2.23. The van der Waals surface area contributed by atoms with E-state index in [1.807, 2.05) is 6.20 Å². The van der Waals surface area contributed by atoms with Gasteiger partial charge in [-0.05, 0) is 25.7 Å². The Bertz CT molecular complexity index is 345. The highest BCUT2D eigenvalue weighted by molar-refractivity contribution is 5.27. The normalized spacial score (nSPS) is 18.8. The molecule has 1 aliphatic rings. The molecule has 2 rings (SSSR count). The third kappa shape index (κ3) is 3.73. The Hall–Kier alpha value is -1.03. The standard InChI is InChI=1S/C14H25N3O/c1-12(11-18-2)16-14-15-8-9-17(14)10-13-6-4-3-5-7-13/h8-9,12-13H,3-7,10-11H2,1-2H3,(H,15,16). The van der Waals surface area contributed by atoms with Crippen LogP contribution in [0, 0.1) is 5.92 Å². The van der Waals surface area contributed by atoms with Crippen LogP contribution in [0.1, 0.15) is 39.0 Å². The van der Waals surface area contributed by atoms with Crippen molar-refractivity contribution < 1.29 is 4.74 Å². The monoisotopic (exact) mass is 251 g/mol. The second kappa shape index (κ2) is 6.78. The van der Waals surface area contributed by atoms with Crippen LogP contribution in [-0.4, -0.2) is 29.3 Å². The van der Waals surface area contributed by atoms with Crippen molar-refractivity contribution in [3.05, 3.63) is 12.4 Å². The Kier molecular flexibility index (Phi) is 5.05. The van der Waals surface area contributed by atoms with Crippen LogP contribution in [0.15, 0.2) is 12.4 Å². The molecule has 1 N–H and O–H groups in total. The summed E-state index contributed by atoms with van der Waals surface area (Å²) in [5.74, 6) is 1.80. The maximum absolute atomic E-state index is 5.14. The van der Waals surface area contributed by atoms with E-state index in [0.29, 0.717) is 12.6 Å². The number of hydrogen-bond acceptors (Lipinski definition) is 3. The Morgan fingerprint density at radius 2 is 2.22 bits per heavy atom. The van der Waals surface area contributed by atoms with Gasteiger partial charge in [-0.1, -0.05) is 19.3 Å². The molecule has 0 saturated heterocycles. The van der Waals surface area contributed by atoms with Gasteiger partial charge in [-0.2, -0.15) is 0 Å². The van der Waals surface area contributed by atoms with Gasteiger partial charge in [-0.3, -0.25) is 0 Å². The number of nitrogens with zero attached hydrogens (tertiary/aromatic N) is 2. The highest BCUT2D eigenvalue weighted by Gasteiger charge is 2.15. The molecule has 18 heavy (non-hydrogen) atoms. The van der Waals surface area contributed by atoms with Crippen LogP contribution in [0.2, 0.25) is 0 Å². The predicted octanol–water partition coefficient (Wildman–Crippen LogP) is 2.91. The lowest BCUT2D eigenvalue weighted by molar-refractivity contribution is 0.190. The van der Waals surface area contributed by atoms with E-state index in [1.165, 1.54) is 32.1 Å². The first-order valence-electron chi connectivity index (χ1n) is 7.06. The van der Waals surface area contributed by atoms with Gasteiger partial charge in [0.2, 0.25) is 5.95 Å². The Morgan fingerprint density at radius 3 is 2.94 bits per heavy atom. The quantitative estimate of drug-likeness (QED) is 0.845. The highest BCUT2D eigenvalue weighted by Crippen LogP contribution is 2.25. The number of ether oxygens (including phenoxy) is 1. The molecule has 0 bridgehead atoms. The van der Waals surface area contributed by atoms with Gasteiger partial charge in [-0.15, -0.1) is 0 Å². The molecule has 0 spiro atoms. The van der Waals surface area contributed by atoms with E-state index in [1.54, 1.807) is 7.11 Å². The van der Waals surface area contributed by atoms with E-state index < -0.39 is 0 Å². The topological polar surface area (TPSA) is 39.1 Å². The van der Waals surface area contributed by atoms with Gasteiger partial charge >= 0.3 is 0 Å². The van der Waals surface area contributed by atoms with E-state index >= 15 is 0 Å². The van der Waals surface area contributed by atoms with E-state index in [0.717, 1.165) is 18.4 Å². The molecule has 4 heteroatoms. The van der Waals surface area contributed by atoms with Crippen molar-refractivity contribution in [1.82, 2.24) is 9.55 Å². The summed E-state index contributed by atoms with van der Waals surface area (Å²) in [6.45, 7) is 3.92. The summed E-state index contributed by atoms with van der Waals surface area (Å²) in [5.41, 5.74) is 0. The molecule has 1 aromatic heterocycles. The molecule has 0 aromatic carbocycles. The summed E-state index contributed by atoms with van der Waals surface area (Å²) in [6, 6.07) is 0.294. The molecule has 0 radical (unpaired) electrons. The first-order chi connectivity index (χ1) is 8.79. The van der Waals surface area contributed by atoms with Gasteiger partial charge in [-0.25, -0.2) is 4.98 Å². The van der Waals surface area contributed by atoms with Gasteiger partial charge in [0.1, 0.15) is 0 Å². The number of methoxy groups -OCH3 is 1. The summed E-state index contributed by atoms with van der Waals surface area (Å²) in [4.78, 5) is 4.40.